The van der Waals surface area contributed by atoms with E-state index in [0.717, 1.165) is 0 Å². The summed E-state index contributed by atoms with van der Waals surface area (Å²) >= 11 is 12.1. The maximum absolute atomic E-state index is 11.8. The quantitative estimate of drug-likeness (QED) is 0.803. The summed E-state index contributed by atoms with van der Waals surface area (Å²) < 4.78 is 0. The average molecular weight is 308 g/mol. The lowest BCUT2D eigenvalue weighted by molar-refractivity contribution is -0.137. The number of halogens is 2. The molecule has 1 aliphatic heterocycles. The van der Waals surface area contributed by atoms with Gasteiger partial charge in [0.1, 0.15) is 11.8 Å². The van der Waals surface area contributed by atoms with Gasteiger partial charge in [0.05, 0.1) is 12.1 Å². The molecular formula is C13H7Cl2N3O2. The zero-order chi connectivity index (χ0) is 14.9. The number of amides is 2. The number of piperidine rings is 1. The molecule has 0 radical (unpaired) electrons. The minimum atomic E-state index is -1.20. The smallest absolute Gasteiger partial charge is 0.244 e. The van der Waals surface area contributed by atoms with Crippen LogP contribution in [0.2, 0.25) is 10.0 Å². The minimum absolute atomic E-state index is 0.213. The van der Waals surface area contributed by atoms with Crippen LogP contribution in [0.1, 0.15) is 11.5 Å². The van der Waals surface area contributed by atoms with Crippen LogP contribution in [-0.2, 0) is 9.59 Å². The monoisotopic (exact) mass is 307 g/mol. The van der Waals surface area contributed by atoms with Crippen LogP contribution in [-0.4, -0.2) is 11.8 Å². The van der Waals surface area contributed by atoms with Crippen molar-refractivity contribution in [3.63, 3.8) is 0 Å². The van der Waals surface area contributed by atoms with E-state index in [9.17, 15) is 9.59 Å². The van der Waals surface area contributed by atoms with Gasteiger partial charge in [0, 0.05) is 16.0 Å². The maximum atomic E-state index is 11.8. The van der Waals surface area contributed by atoms with Crippen LogP contribution in [0.4, 0.5) is 0 Å². The van der Waals surface area contributed by atoms with Crippen LogP contribution < -0.4 is 5.32 Å². The maximum Gasteiger partial charge on any atom is 0.244 e. The molecule has 5 nitrogen and oxygen atoms in total. The van der Waals surface area contributed by atoms with Gasteiger partial charge in [0.15, 0.2) is 0 Å². The number of nitrogens with one attached hydrogen (secondary N) is 1. The van der Waals surface area contributed by atoms with Crippen LogP contribution in [0.25, 0.3) is 0 Å². The van der Waals surface area contributed by atoms with Gasteiger partial charge in [-0.1, -0.05) is 29.3 Å². The molecule has 0 spiro atoms. The average Bonchev–Trinajstić information content (AvgIpc) is 2.38. The second-order valence-corrected chi connectivity index (χ2v) is 5.04. The Kier molecular flexibility index (Phi) is 3.94. The fourth-order valence-electron chi connectivity index (χ4n) is 2.24. The molecule has 0 bridgehead atoms. The number of hydrogen-bond acceptors (Lipinski definition) is 4. The van der Waals surface area contributed by atoms with E-state index in [0.29, 0.717) is 0 Å². The van der Waals surface area contributed by atoms with Crippen molar-refractivity contribution in [2.45, 2.75) is 5.92 Å². The Hall–Kier alpha value is -2.08. The van der Waals surface area contributed by atoms with E-state index in [2.05, 4.69) is 0 Å². The molecule has 0 saturated carbocycles. The van der Waals surface area contributed by atoms with E-state index in [1.54, 1.807) is 6.07 Å². The molecule has 1 aliphatic rings. The standard InChI is InChI=1S/C13H7Cl2N3O2/c14-8-2-1-3-9(15)11(8)10-6(4-16)12(19)18-13(20)7(10)5-17/h1-3,6-7,10H,(H,18,19,20)/t6-,7+,10?. The summed E-state index contributed by atoms with van der Waals surface area (Å²) in [7, 11) is 0. The lowest BCUT2D eigenvalue weighted by Crippen LogP contribution is -2.50. The summed E-state index contributed by atoms with van der Waals surface area (Å²) in [4.78, 5) is 23.5. The molecule has 7 heteroatoms. The Balaban J connectivity index is 2.65. The van der Waals surface area contributed by atoms with Gasteiger partial charge in [-0.25, -0.2) is 0 Å². The number of nitrogens with zero attached hydrogens (tertiary/aromatic N) is 2. The molecule has 1 fully saturated rings. The van der Waals surface area contributed by atoms with Crippen molar-refractivity contribution in [2.24, 2.45) is 11.8 Å². The second kappa shape index (κ2) is 5.50. The molecular weight excluding hydrogens is 301 g/mol. The van der Waals surface area contributed by atoms with Crippen molar-refractivity contribution in [2.75, 3.05) is 0 Å². The normalized spacial score (nSPS) is 25.5. The van der Waals surface area contributed by atoms with Crippen molar-refractivity contribution >= 4 is 35.0 Å². The zero-order valence-corrected chi connectivity index (χ0v) is 11.4. The highest BCUT2D eigenvalue weighted by Gasteiger charge is 2.46. The molecule has 1 N–H and O–H groups in total. The Labute approximate surface area is 124 Å². The number of nitriles is 2. The summed E-state index contributed by atoms with van der Waals surface area (Å²) in [5.41, 5.74) is 0.275. The molecule has 20 heavy (non-hydrogen) atoms. The fourth-order valence-corrected chi connectivity index (χ4v) is 2.89. The summed E-state index contributed by atoms with van der Waals surface area (Å²) in [5, 5.41) is 20.8. The number of carbonyl (C=O) groups excluding carboxylic acids is 2. The van der Waals surface area contributed by atoms with E-state index in [4.69, 9.17) is 33.7 Å². The number of carbonyl (C=O) groups is 2. The van der Waals surface area contributed by atoms with Gasteiger partial charge in [-0.2, -0.15) is 10.5 Å². The Morgan fingerprint density at radius 2 is 1.45 bits per heavy atom. The molecule has 100 valence electrons. The van der Waals surface area contributed by atoms with Crippen LogP contribution in [0.15, 0.2) is 18.2 Å². The van der Waals surface area contributed by atoms with E-state index < -0.39 is 29.6 Å². The lowest BCUT2D eigenvalue weighted by Gasteiger charge is -2.30. The first-order valence-electron chi connectivity index (χ1n) is 5.59. The number of rotatable bonds is 1. The number of imide groups is 1. The van der Waals surface area contributed by atoms with E-state index in [-0.39, 0.29) is 15.6 Å². The van der Waals surface area contributed by atoms with Crippen LogP contribution in [0.3, 0.4) is 0 Å². The number of benzene rings is 1. The van der Waals surface area contributed by atoms with Crippen LogP contribution >= 0.6 is 23.2 Å². The van der Waals surface area contributed by atoms with Crippen LogP contribution in [0, 0.1) is 34.5 Å². The van der Waals surface area contributed by atoms with Gasteiger partial charge in [0.25, 0.3) is 0 Å². The minimum Gasteiger partial charge on any atom is -0.294 e. The van der Waals surface area contributed by atoms with E-state index in [1.165, 1.54) is 12.1 Å². The summed E-state index contributed by atoms with van der Waals surface area (Å²) in [6.07, 6.45) is 0. The third-order valence-electron chi connectivity index (χ3n) is 3.14. The third kappa shape index (κ3) is 2.22. The molecule has 0 aliphatic carbocycles. The van der Waals surface area contributed by atoms with Crippen molar-refractivity contribution < 1.29 is 9.59 Å². The zero-order valence-electron chi connectivity index (χ0n) is 9.93. The lowest BCUT2D eigenvalue weighted by atomic mass is 9.74. The first kappa shape index (κ1) is 14.3. The topological polar surface area (TPSA) is 93.8 Å². The van der Waals surface area contributed by atoms with Crippen molar-refractivity contribution in [1.82, 2.24) is 5.32 Å². The van der Waals surface area contributed by atoms with E-state index in [1.807, 2.05) is 17.5 Å². The summed E-state index contributed by atoms with van der Waals surface area (Å²) in [5.74, 6) is -4.87. The highest BCUT2D eigenvalue weighted by atomic mass is 35.5. The molecule has 1 unspecified atom stereocenters. The van der Waals surface area contributed by atoms with Crippen LogP contribution in [0.5, 0.6) is 0 Å². The highest BCUT2D eigenvalue weighted by Crippen LogP contribution is 2.42. The Morgan fingerprint density at radius 1 is 1.00 bits per heavy atom. The van der Waals surface area contributed by atoms with Crippen molar-refractivity contribution in [3.8, 4) is 12.1 Å². The van der Waals surface area contributed by atoms with Crippen molar-refractivity contribution in [3.05, 3.63) is 33.8 Å². The SMILES string of the molecule is N#C[C@@H]1C(=O)NC(=O)[C@H](C#N)C1c1c(Cl)cccc1Cl. The predicted molar refractivity (Wildman–Crippen MR) is 70.6 cm³/mol. The largest absolute Gasteiger partial charge is 0.294 e. The van der Waals surface area contributed by atoms with Crippen molar-refractivity contribution in [1.29, 1.82) is 10.5 Å². The second-order valence-electron chi connectivity index (χ2n) is 4.23. The fraction of sp³-hybridized carbons (Fsp3) is 0.231. The summed E-state index contributed by atoms with van der Waals surface area (Å²) in [6, 6.07) is 8.28. The molecule has 1 saturated heterocycles. The number of hydrogen-bond donors (Lipinski definition) is 1. The summed E-state index contributed by atoms with van der Waals surface area (Å²) in [6.45, 7) is 0. The molecule has 3 atom stereocenters. The first-order valence-corrected chi connectivity index (χ1v) is 6.34. The van der Waals surface area contributed by atoms with Gasteiger partial charge in [-0.3, -0.25) is 14.9 Å². The highest BCUT2D eigenvalue weighted by molar-refractivity contribution is 6.36. The van der Waals surface area contributed by atoms with Gasteiger partial charge in [-0.15, -0.1) is 0 Å². The van der Waals surface area contributed by atoms with Gasteiger partial charge < -0.3 is 0 Å². The molecule has 2 amide bonds. The van der Waals surface area contributed by atoms with E-state index >= 15 is 0 Å². The molecule has 1 heterocycles. The molecule has 1 aromatic carbocycles. The molecule has 1 aromatic rings. The predicted octanol–water partition coefficient (Wildman–Crippen LogP) is 2.01. The van der Waals surface area contributed by atoms with Gasteiger partial charge in [0.2, 0.25) is 11.8 Å². The van der Waals surface area contributed by atoms with Gasteiger partial charge in [-0.05, 0) is 17.7 Å². The molecule has 0 aromatic heterocycles. The molecule has 2 rings (SSSR count). The van der Waals surface area contributed by atoms with Gasteiger partial charge >= 0.3 is 0 Å². The first-order chi connectivity index (χ1) is 9.51. The Morgan fingerprint density at radius 3 is 1.85 bits per heavy atom. The Bertz CT molecular complexity index is 623. The third-order valence-corrected chi connectivity index (χ3v) is 3.80.